The number of aromatic carboxylic acids is 1. The molecular formula is C17H19NO6. The fourth-order valence-electron chi connectivity index (χ4n) is 2.08. The first kappa shape index (κ1) is 17.4. The molecule has 1 heterocycles. The molecule has 0 aliphatic rings. The summed E-state index contributed by atoms with van der Waals surface area (Å²) < 4.78 is 15.8. The monoisotopic (exact) mass is 333 g/mol. The third-order valence-corrected chi connectivity index (χ3v) is 3.44. The minimum atomic E-state index is -1.06. The average molecular weight is 333 g/mol. The molecule has 1 aromatic carbocycles. The van der Waals surface area contributed by atoms with Crippen LogP contribution in [0.5, 0.6) is 11.5 Å². The number of hydrogen-bond donors (Lipinski definition) is 1. The van der Waals surface area contributed by atoms with Crippen LogP contribution in [0.15, 0.2) is 34.7 Å². The topological polar surface area (TPSA) is 89.2 Å². The van der Waals surface area contributed by atoms with E-state index in [0.717, 1.165) is 0 Å². The van der Waals surface area contributed by atoms with E-state index >= 15 is 0 Å². The van der Waals surface area contributed by atoms with Crippen molar-refractivity contribution in [3.8, 4) is 11.5 Å². The van der Waals surface area contributed by atoms with E-state index in [9.17, 15) is 9.59 Å². The number of furan rings is 1. The van der Waals surface area contributed by atoms with Crippen molar-refractivity contribution in [2.45, 2.75) is 13.5 Å². The maximum absolute atomic E-state index is 12.1. The molecule has 0 aliphatic heterocycles. The van der Waals surface area contributed by atoms with Crippen molar-refractivity contribution in [2.24, 2.45) is 0 Å². The summed E-state index contributed by atoms with van der Waals surface area (Å²) in [5, 5.41) is 9.00. The molecule has 0 spiro atoms. The van der Waals surface area contributed by atoms with Crippen molar-refractivity contribution in [1.29, 1.82) is 0 Å². The highest BCUT2D eigenvalue weighted by Gasteiger charge is 2.17. The SMILES string of the molecule is COc1ccc(OCC(=O)N(C)Cc2cc(C(=O)O)c(C)o2)cc1. The molecule has 7 nitrogen and oxygen atoms in total. The Hall–Kier alpha value is -2.96. The average Bonchev–Trinajstić information content (AvgIpc) is 2.93. The summed E-state index contributed by atoms with van der Waals surface area (Å²) in [7, 11) is 3.17. The third kappa shape index (κ3) is 4.28. The molecule has 0 bridgehead atoms. The van der Waals surface area contributed by atoms with E-state index in [2.05, 4.69) is 0 Å². The molecule has 0 saturated carbocycles. The number of carboxylic acid groups (broad SMARTS) is 1. The number of hydrogen-bond acceptors (Lipinski definition) is 5. The largest absolute Gasteiger partial charge is 0.497 e. The van der Waals surface area contributed by atoms with Crippen LogP contribution in [0, 0.1) is 6.92 Å². The van der Waals surface area contributed by atoms with Crippen LogP contribution in [0.2, 0.25) is 0 Å². The number of rotatable bonds is 7. The van der Waals surface area contributed by atoms with Crippen molar-refractivity contribution in [3.63, 3.8) is 0 Å². The molecule has 2 aromatic rings. The highest BCUT2D eigenvalue weighted by Crippen LogP contribution is 2.18. The fourth-order valence-corrected chi connectivity index (χ4v) is 2.08. The van der Waals surface area contributed by atoms with Gasteiger partial charge in [0, 0.05) is 7.05 Å². The molecule has 0 radical (unpaired) electrons. The first-order chi connectivity index (χ1) is 11.4. The molecule has 0 atom stereocenters. The molecule has 0 fully saturated rings. The number of carbonyl (C=O) groups excluding carboxylic acids is 1. The van der Waals surface area contributed by atoms with Gasteiger partial charge in [-0.3, -0.25) is 4.79 Å². The minimum absolute atomic E-state index is 0.0975. The number of ether oxygens (including phenoxy) is 2. The Morgan fingerprint density at radius 2 is 1.83 bits per heavy atom. The summed E-state index contributed by atoms with van der Waals surface area (Å²) in [5.41, 5.74) is 0.0975. The zero-order chi connectivity index (χ0) is 17.7. The molecular weight excluding hydrogens is 314 g/mol. The van der Waals surface area contributed by atoms with E-state index in [1.165, 1.54) is 11.0 Å². The van der Waals surface area contributed by atoms with E-state index in [1.54, 1.807) is 45.3 Å². The number of aryl methyl sites for hydroxylation is 1. The summed E-state index contributed by atoms with van der Waals surface area (Å²) >= 11 is 0. The van der Waals surface area contributed by atoms with Crippen LogP contribution in [0.3, 0.4) is 0 Å². The highest BCUT2D eigenvalue weighted by atomic mass is 16.5. The summed E-state index contributed by atoms with van der Waals surface area (Å²) in [4.78, 5) is 24.5. The molecule has 1 amide bonds. The van der Waals surface area contributed by atoms with Crippen LogP contribution in [-0.4, -0.2) is 42.6 Å². The summed E-state index contributed by atoms with van der Waals surface area (Å²) in [6.45, 7) is 1.61. The van der Waals surface area contributed by atoms with E-state index in [0.29, 0.717) is 23.0 Å². The van der Waals surface area contributed by atoms with E-state index in [4.69, 9.17) is 19.0 Å². The highest BCUT2D eigenvalue weighted by molar-refractivity contribution is 5.88. The second-order valence-corrected chi connectivity index (χ2v) is 5.20. The maximum Gasteiger partial charge on any atom is 0.339 e. The molecule has 1 aromatic heterocycles. The molecule has 128 valence electrons. The lowest BCUT2D eigenvalue weighted by atomic mass is 10.2. The van der Waals surface area contributed by atoms with Crippen LogP contribution < -0.4 is 9.47 Å². The van der Waals surface area contributed by atoms with Gasteiger partial charge in [0.25, 0.3) is 5.91 Å². The van der Waals surface area contributed by atoms with Gasteiger partial charge in [0.2, 0.25) is 0 Å². The van der Waals surface area contributed by atoms with Gasteiger partial charge in [0.1, 0.15) is 28.6 Å². The van der Waals surface area contributed by atoms with Crippen LogP contribution in [0.25, 0.3) is 0 Å². The molecule has 0 unspecified atom stereocenters. The molecule has 2 rings (SSSR count). The Balaban J connectivity index is 1.89. The van der Waals surface area contributed by atoms with E-state index in [-0.39, 0.29) is 24.6 Å². The normalized spacial score (nSPS) is 10.3. The summed E-state index contributed by atoms with van der Waals surface area (Å²) in [5.74, 6) is 0.668. The zero-order valence-electron chi connectivity index (χ0n) is 13.7. The fraction of sp³-hybridized carbons (Fsp3) is 0.294. The summed E-state index contributed by atoms with van der Waals surface area (Å²) in [6.07, 6.45) is 0. The maximum atomic E-state index is 12.1. The Kier molecular flexibility index (Phi) is 5.47. The summed E-state index contributed by atoms with van der Waals surface area (Å²) in [6, 6.07) is 8.32. The Labute approximate surface area is 139 Å². The predicted octanol–water partition coefficient (Wildman–Crippen LogP) is 2.33. The van der Waals surface area contributed by atoms with Gasteiger partial charge in [-0.05, 0) is 37.3 Å². The van der Waals surface area contributed by atoms with Crippen molar-refractivity contribution in [1.82, 2.24) is 4.90 Å². The van der Waals surface area contributed by atoms with E-state index < -0.39 is 5.97 Å². The lowest BCUT2D eigenvalue weighted by Crippen LogP contribution is -2.30. The molecule has 0 saturated heterocycles. The Morgan fingerprint density at radius 1 is 1.21 bits per heavy atom. The van der Waals surface area contributed by atoms with Crippen molar-refractivity contribution >= 4 is 11.9 Å². The smallest absolute Gasteiger partial charge is 0.339 e. The van der Waals surface area contributed by atoms with Gasteiger partial charge in [0.05, 0.1) is 13.7 Å². The van der Waals surface area contributed by atoms with Crippen molar-refractivity contribution in [2.75, 3.05) is 20.8 Å². The standard InChI is InChI=1S/C17H19NO6/c1-11-15(17(20)21)8-14(24-11)9-18(2)16(19)10-23-13-6-4-12(22-3)5-7-13/h4-8H,9-10H2,1-3H3,(H,20,21). The number of nitrogens with zero attached hydrogens (tertiary/aromatic N) is 1. The molecule has 1 N–H and O–H groups in total. The number of amides is 1. The molecule has 7 heteroatoms. The van der Waals surface area contributed by atoms with Gasteiger partial charge < -0.3 is 23.9 Å². The molecule has 0 aliphatic carbocycles. The number of benzene rings is 1. The van der Waals surface area contributed by atoms with Crippen LogP contribution in [0.4, 0.5) is 0 Å². The van der Waals surface area contributed by atoms with Gasteiger partial charge in [-0.25, -0.2) is 4.79 Å². The minimum Gasteiger partial charge on any atom is -0.497 e. The predicted molar refractivity (Wildman–Crippen MR) is 85.4 cm³/mol. The lowest BCUT2D eigenvalue weighted by Gasteiger charge is -2.16. The number of methoxy groups -OCH3 is 1. The number of carboxylic acids is 1. The first-order valence-corrected chi connectivity index (χ1v) is 7.24. The van der Waals surface area contributed by atoms with Crippen molar-refractivity contribution < 1.29 is 28.6 Å². The zero-order valence-corrected chi connectivity index (χ0v) is 13.7. The van der Waals surface area contributed by atoms with Gasteiger partial charge in [0.15, 0.2) is 6.61 Å². The second kappa shape index (κ2) is 7.54. The number of carbonyl (C=O) groups is 2. The van der Waals surface area contributed by atoms with Gasteiger partial charge >= 0.3 is 5.97 Å². The van der Waals surface area contributed by atoms with Gasteiger partial charge in [-0.2, -0.15) is 0 Å². The quantitative estimate of drug-likeness (QED) is 0.836. The Morgan fingerprint density at radius 3 is 2.38 bits per heavy atom. The third-order valence-electron chi connectivity index (χ3n) is 3.44. The van der Waals surface area contributed by atoms with Crippen LogP contribution >= 0.6 is 0 Å². The number of likely N-dealkylation sites (N-methyl/N-ethyl adjacent to an activating group) is 1. The van der Waals surface area contributed by atoms with Crippen LogP contribution in [-0.2, 0) is 11.3 Å². The first-order valence-electron chi connectivity index (χ1n) is 7.24. The van der Waals surface area contributed by atoms with Crippen LogP contribution in [0.1, 0.15) is 21.9 Å². The second-order valence-electron chi connectivity index (χ2n) is 5.20. The molecule has 24 heavy (non-hydrogen) atoms. The van der Waals surface area contributed by atoms with E-state index in [1.807, 2.05) is 0 Å². The Bertz CT molecular complexity index is 719. The lowest BCUT2D eigenvalue weighted by molar-refractivity contribution is -0.132. The van der Waals surface area contributed by atoms with Crippen molar-refractivity contribution in [3.05, 3.63) is 47.4 Å². The van der Waals surface area contributed by atoms with Gasteiger partial charge in [-0.15, -0.1) is 0 Å². The van der Waals surface area contributed by atoms with Gasteiger partial charge in [-0.1, -0.05) is 0 Å².